The molecule has 0 saturated carbocycles. The van der Waals surface area contributed by atoms with Gasteiger partial charge in [0.25, 0.3) is 0 Å². The van der Waals surface area contributed by atoms with Crippen LogP contribution in [-0.2, 0) is 14.3 Å². The van der Waals surface area contributed by atoms with Crippen LogP contribution in [0.15, 0.2) is 48.5 Å². The summed E-state index contributed by atoms with van der Waals surface area (Å²) in [6.45, 7) is 0.316. The van der Waals surface area contributed by atoms with Crippen molar-refractivity contribution in [2.45, 2.75) is 24.5 Å². The summed E-state index contributed by atoms with van der Waals surface area (Å²) in [5.74, 6) is -0.579. The number of aliphatic hydroxyl groups is 1. The van der Waals surface area contributed by atoms with Gasteiger partial charge in [0.15, 0.2) is 0 Å². The Balaban J connectivity index is 1.27. The van der Waals surface area contributed by atoms with Gasteiger partial charge in [0.2, 0.25) is 5.91 Å². The zero-order valence-electron chi connectivity index (χ0n) is 18.0. The van der Waals surface area contributed by atoms with Crippen LogP contribution >= 0.6 is 11.8 Å². The van der Waals surface area contributed by atoms with E-state index < -0.39 is 30.1 Å². The van der Waals surface area contributed by atoms with E-state index in [9.17, 15) is 24.6 Å². The molecule has 1 saturated heterocycles. The first kappa shape index (κ1) is 23.1. The number of carboxylic acid groups (broad SMARTS) is 1. The number of carbonyl (C=O) groups excluding carboxylic acids is 2. The number of nitrogens with one attached hydrogen (secondary N) is 1. The third kappa shape index (κ3) is 5.15. The Morgan fingerprint density at radius 2 is 1.73 bits per heavy atom. The molecule has 2 aliphatic rings. The van der Waals surface area contributed by atoms with Crippen LogP contribution in [0.1, 0.15) is 23.5 Å². The Morgan fingerprint density at radius 3 is 2.36 bits per heavy atom. The Kier molecular flexibility index (Phi) is 7.20. The summed E-state index contributed by atoms with van der Waals surface area (Å²) < 4.78 is 5.42. The SMILES string of the molecule is O=C(NCC(O)CC(=O)N1CCSCC1C(=O)O)OCC1c2ccccc2-c2ccccc21. The van der Waals surface area contributed by atoms with E-state index in [0.717, 1.165) is 22.3 Å². The molecule has 2 aromatic rings. The number of carboxylic acids is 1. The lowest BCUT2D eigenvalue weighted by atomic mass is 9.98. The maximum atomic E-state index is 12.5. The van der Waals surface area contributed by atoms with Crippen molar-refractivity contribution in [1.29, 1.82) is 0 Å². The molecule has 3 N–H and O–H groups in total. The predicted molar refractivity (Wildman–Crippen MR) is 124 cm³/mol. The van der Waals surface area contributed by atoms with Crippen LogP contribution < -0.4 is 5.32 Å². The van der Waals surface area contributed by atoms with Crippen molar-refractivity contribution in [3.8, 4) is 11.1 Å². The van der Waals surface area contributed by atoms with E-state index >= 15 is 0 Å². The fraction of sp³-hybridized carbons (Fsp3) is 0.375. The quantitative estimate of drug-likeness (QED) is 0.569. The third-order valence-electron chi connectivity index (χ3n) is 5.97. The average molecular weight is 471 g/mol. The summed E-state index contributed by atoms with van der Waals surface area (Å²) in [6, 6.07) is 15.2. The number of nitrogens with zero attached hydrogens (tertiary/aromatic N) is 1. The van der Waals surface area contributed by atoms with Crippen molar-refractivity contribution in [2.75, 3.05) is 31.2 Å². The van der Waals surface area contributed by atoms with E-state index in [1.807, 2.05) is 36.4 Å². The number of aliphatic hydroxyl groups excluding tert-OH is 1. The van der Waals surface area contributed by atoms with Gasteiger partial charge < -0.3 is 25.2 Å². The van der Waals surface area contributed by atoms with E-state index in [4.69, 9.17) is 4.74 Å². The van der Waals surface area contributed by atoms with Gasteiger partial charge in [0.05, 0.1) is 12.5 Å². The van der Waals surface area contributed by atoms with Gasteiger partial charge >= 0.3 is 12.1 Å². The molecule has 4 rings (SSSR count). The van der Waals surface area contributed by atoms with Crippen molar-refractivity contribution in [2.24, 2.45) is 0 Å². The molecule has 9 heteroatoms. The highest BCUT2D eigenvalue weighted by atomic mass is 32.2. The highest BCUT2D eigenvalue weighted by Crippen LogP contribution is 2.44. The second-order valence-electron chi connectivity index (χ2n) is 8.08. The largest absolute Gasteiger partial charge is 0.480 e. The number of thioether (sulfide) groups is 1. The summed E-state index contributed by atoms with van der Waals surface area (Å²) in [4.78, 5) is 37.3. The van der Waals surface area contributed by atoms with E-state index in [1.165, 1.54) is 16.7 Å². The van der Waals surface area contributed by atoms with Crippen molar-refractivity contribution in [3.05, 3.63) is 59.7 Å². The number of amides is 2. The first-order chi connectivity index (χ1) is 16.0. The van der Waals surface area contributed by atoms with Gasteiger partial charge in [-0.3, -0.25) is 4.79 Å². The lowest BCUT2D eigenvalue weighted by Gasteiger charge is -2.33. The minimum Gasteiger partial charge on any atom is -0.480 e. The number of fused-ring (bicyclic) bond motifs is 3. The van der Waals surface area contributed by atoms with Crippen molar-refractivity contribution in [1.82, 2.24) is 10.2 Å². The molecule has 33 heavy (non-hydrogen) atoms. The standard InChI is InChI=1S/C24H26N2O6S/c27-15(11-22(28)26-9-10-33-14-21(26)23(29)30)12-25-24(31)32-13-20-18-7-3-1-5-16(18)17-6-2-4-8-19(17)20/h1-8,15,20-21,27H,9-14H2,(H,25,31)(H,29,30). The molecular weight excluding hydrogens is 444 g/mol. The number of hydrogen-bond donors (Lipinski definition) is 3. The summed E-state index contributed by atoms with van der Waals surface area (Å²) in [5, 5.41) is 22.0. The Morgan fingerprint density at radius 1 is 1.09 bits per heavy atom. The molecule has 2 amide bonds. The Hall–Kier alpha value is -3.04. The molecule has 2 aromatic carbocycles. The van der Waals surface area contributed by atoms with E-state index in [0.29, 0.717) is 18.1 Å². The molecule has 0 radical (unpaired) electrons. The smallest absolute Gasteiger partial charge is 0.407 e. The summed E-state index contributed by atoms with van der Waals surface area (Å²) in [6.07, 6.45) is -2.08. The molecule has 2 unspecified atom stereocenters. The van der Waals surface area contributed by atoms with Crippen LogP contribution in [0, 0.1) is 0 Å². The number of alkyl carbamates (subject to hydrolysis) is 1. The molecule has 1 fully saturated rings. The fourth-order valence-electron chi connectivity index (χ4n) is 4.35. The number of benzene rings is 2. The second-order valence-corrected chi connectivity index (χ2v) is 9.23. The van der Waals surface area contributed by atoms with Crippen LogP contribution in [-0.4, -0.2) is 76.4 Å². The van der Waals surface area contributed by atoms with Crippen LogP contribution in [0.3, 0.4) is 0 Å². The van der Waals surface area contributed by atoms with Crippen LogP contribution in [0.5, 0.6) is 0 Å². The highest BCUT2D eigenvalue weighted by molar-refractivity contribution is 7.99. The van der Waals surface area contributed by atoms with Gasteiger partial charge in [-0.2, -0.15) is 11.8 Å². The normalized spacial score (nSPS) is 18.2. The molecule has 0 spiro atoms. The van der Waals surface area contributed by atoms with Crippen LogP contribution in [0.2, 0.25) is 0 Å². The van der Waals surface area contributed by atoms with Gasteiger partial charge in [-0.05, 0) is 22.3 Å². The molecule has 1 aliphatic carbocycles. The molecule has 2 atom stereocenters. The molecular formula is C24H26N2O6S. The average Bonchev–Trinajstić information content (AvgIpc) is 3.15. The number of hydrogen-bond acceptors (Lipinski definition) is 6. The van der Waals surface area contributed by atoms with Gasteiger partial charge in [-0.1, -0.05) is 48.5 Å². The van der Waals surface area contributed by atoms with E-state index in [-0.39, 0.29) is 25.5 Å². The maximum absolute atomic E-state index is 12.5. The first-order valence-electron chi connectivity index (χ1n) is 10.8. The number of ether oxygens (including phenoxy) is 1. The summed E-state index contributed by atoms with van der Waals surface area (Å²) in [5.41, 5.74) is 4.47. The molecule has 0 bridgehead atoms. The maximum Gasteiger partial charge on any atom is 0.407 e. The monoisotopic (exact) mass is 470 g/mol. The molecule has 0 aromatic heterocycles. The zero-order valence-corrected chi connectivity index (χ0v) is 18.8. The Bertz CT molecular complexity index is 1000. The minimum atomic E-state index is -1.14. The second kappa shape index (κ2) is 10.3. The molecule has 8 nitrogen and oxygen atoms in total. The van der Waals surface area contributed by atoms with Crippen molar-refractivity contribution in [3.63, 3.8) is 0 Å². The summed E-state index contributed by atoms with van der Waals surface area (Å²) in [7, 11) is 0. The molecule has 174 valence electrons. The van der Waals surface area contributed by atoms with Gasteiger partial charge in [-0.15, -0.1) is 0 Å². The zero-order chi connectivity index (χ0) is 23.4. The number of aliphatic carboxylic acids is 1. The lowest BCUT2D eigenvalue weighted by Crippen LogP contribution is -2.51. The van der Waals surface area contributed by atoms with Crippen molar-refractivity contribution >= 4 is 29.7 Å². The lowest BCUT2D eigenvalue weighted by molar-refractivity contribution is -0.150. The fourth-order valence-corrected chi connectivity index (χ4v) is 5.39. The topological polar surface area (TPSA) is 116 Å². The minimum absolute atomic E-state index is 0.0698. The van der Waals surface area contributed by atoms with Gasteiger partial charge in [0, 0.05) is 30.5 Å². The van der Waals surface area contributed by atoms with Gasteiger partial charge in [-0.25, -0.2) is 9.59 Å². The van der Waals surface area contributed by atoms with E-state index in [1.54, 1.807) is 0 Å². The molecule has 1 heterocycles. The van der Waals surface area contributed by atoms with E-state index in [2.05, 4.69) is 17.4 Å². The highest BCUT2D eigenvalue weighted by Gasteiger charge is 2.33. The van der Waals surface area contributed by atoms with Crippen LogP contribution in [0.25, 0.3) is 11.1 Å². The van der Waals surface area contributed by atoms with Gasteiger partial charge in [0.1, 0.15) is 12.6 Å². The molecule has 1 aliphatic heterocycles. The number of rotatable bonds is 7. The third-order valence-corrected chi connectivity index (χ3v) is 6.99. The number of carbonyl (C=O) groups is 3. The van der Waals surface area contributed by atoms with Crippen molar-refractivity contribution < 1.29 is 29.3 Å². The predicted octanol–water partition coefficient (Wildman–Crippen LogP) is 2.30. The Labute approximate surface area is 195 Å². The van der Waals surface area contributed by atoms with Crippen LogP contribution in [0.4, 0.5) is 4.79 Å². The first-order valence-corrected chi connectivity index (χ1v) is 12.0. The summed E-state index contributed by atoms with van der Waals surface area (Å²) >= 11 is 1.48.